The highest BCUT2D eigenvalue weighted by molar-refractivity contribution is 5.78. The molecule has 0 radical (unpaired) electrons. The number of anilines is 1. The summed E-state index contributed by atoms with van der Waals surface area (Å²) < 4.78 is 20.3. The van der Waals surface area contributed by atoms with Crippen LogP contribution in [0.25, 0.3) is 11.0 Å². The van der Waals surface area contributed by atoms with Gasteiger partial charge in [-0.1, -0.05) is 13.8 Å². The van der Waals surface area contributed by atoms with E-state index < -0.39 is 0 Å². The normalized spacial score (nSPS) is 13.4. The zero-order valence-corrected chi connectivity index (χ0v) is 10.9. The minimum absolute atomic E-state index is 0.0884. The van der Waals surface area contributed by atoms with Crippen molar-refractivity contribution >= 4 is 17.0 Å². The molecule has 0 aliphatic heterocycles. The molecule has 2 N–H and O–H groups in total. The number of nitrogens with zero attached hydrogens (tertiary/aromatic N) is 2. The van der Waals surface area contributed by atoms with E-state index in [9.17, 15) is 4.39 Å². The number of benzene rings is 1. The minimum Gasteiger partial charge on any atom is -0.383 e. The molecule has 0 aliphatic carbocycles. The predicted octanol–water partition coefficient (Wildman–Crippen LogP) is 2.60. The second kappa shape index (κ2) is 4.94. The maximum atomic E-state index is 13.2. The van der Waals surface area contributed by atoms with Gasteiger partial charge in [0.2, 0.25) is 5.95 Å². The number of halogens is 1. The van der Waals surface area contributed by atoms with E-state index in [2.05, 4.69) is 18.8 Å². The number of methoxy groups -OCH3 is 1. The molecule has 5 heteroatoms. The number of ether oxygens (including phenoxy) is 1. The third-order valence-electron chi connectivity index (χ3n) is 3.12. The second-order valence-electron chi connectivity index (χ2n) is 4.74. The Kier molecular flexibility index (Phi) is 3.52. The molecule has 0 saturated carbocycles. The van der Waals surface area contributed by atoms with Gasteiger partial charge in [0.1, 0.15) is 5.82 Å². The molecule has 1 atom stereocenters. The lowest BCUT2D eigenvalue weighted by atomic mass is 10.0. The maximum absolute atomic E-state index is 13.2. The van der Waals surface area contributed by atoms with Crippen molar-refractivity contribution in [1.29, 1.82) is 0 Å². The zero-order valence-electron chi connectivity index (χ0n) is 10.9. The molecule has 0 amide bonds. The SMILES string of the molecule is COCC(C(C)C)n1c(N)nc2cc(F)ccc21. The summed E-state index contributed by atoms with van der Waals surface area (Å²) in [5, 5.41) is 0. The smallest absolute Gasteiger partial charge is 0.201 e. The molecule has 2 aromatic rings. The number of hydrogen-bond acceptors (Lipinski definition) is 3. The zero-order chi connectivity index (χ0) is 13.3. The van der Waals surface area contributed by atoms with E-state index in [-0.39, 0.29) is 11.9 Å². The van der Waals surface area contributed by atoms with Gasteiger partial charge in [-0.05, 0) is 18.1 Å². The van der Waals surface area contributed by atoms with Crippen LogP contribution in [0, 0.1) is 11.7 Å². The third kappa shape index (κ3) is 2.18. The topological polar surface area (TPSA) is 53.1 Å². The molecule has 0 saturated heterocycles. The Morgan fingerprint density at radius 1 is 1.44 bits per heavy atom. The summed E-state index contributed by atoms with van der Waals surface area (Å²) in [6.45, 7) is 4.74. The summed E-state index contributed by atoms with van der Waals surface area (Å²) >= 11 is 0. The highest BCUT2D eigenvalue weighted by Crippen LogP contribution is 2.28. The molecular formula is C13H18FN3O. The summed E-state index contributed by atoms with van der Waals surface area (Å²) in [7, 11) is 1.66. The Labute approximate surface area is 106 Å². The van der Waals surface area contributed by atoms with Gasteiger partial charge in [-0.25, -0.2) is 9.37 Å². The molecule has 0 bridgehead atoms. The van der Waals surface area contributed by atoms with Gasteiger partial charge in [0.05, 0.1) is 23.7 Å². The lowest BCUT2D eigenvalue weighted by molar-refractivity contribution is 0.136. The van der Waals surface area contributed by atoms with Gasteiger partial charge in [0.15, 0.2) is 0 Å². The molecule has 4 nitrogen and oxygen atoms in total. The molecule has 18 heavy (non-hydrogen) atoms. The van der Waals surface area contributed by atoms with Crippen LogP contribution >= 0.6 is 0 Å². The molecule has 0 fully saturated rings. The summed E-state index contributed by atoms with van der Waals surface area (Å²) in [6.07, 6.45) is 0. The monoisotopic (exact) mass is 251 g/mol. The van der Waals surface area contributed by atoms with Crippen LogP contribution in [0.1, 0.15) is 19.9 Å². The predicted molar refractivity (Wildman–Crippen MR) is 69.9 cm³/mol. The van der Waals surface area contributed by atoms with Crippen molar-refractivity contribution < 1.29 is 9.13 Å². The minimum atomic E-state index is -0.306. The molecule has 1 aromatic heterocycles. The van der Waals surface area contributed by atoms with Crippen LogP contribution in [0.2, 0.25) is 0 Å². The largest absolute Gasteiger partial charge is 0.383 e. The van der Waals surface area contributed by atoms with Gasteiger partial charge in [-0.2, -0.15) is 0 Å². The van der Waals surface area contributed by atoms with Crippen molar-refractivity contribution in [1.82, 2.24) is 9.55 Å². The molecule has 2 rings (SSSR count). The number of nitrogen functional groups attached to an aromatic ring is 1. The second-order valence-corrected chi connectivity index (χ2v) is 4.74. The van der Waals surface area contributed by atoms with E-state index >= 15 is 0 Å². The molecule has 1 heterocycles. The molecule has 98 valence electrons. The van der Waals surface area contributed by atoms with E-state index in [0.717, 1.165) is 5.52 Å². The van der Waals surface area contributed by atoms with Crippen molar-refractivity contribution in [3.05, 3.63) is 24.0 Å². The van der Waals surface area contributed by atoms with Crippen LogP contribution in [0.5, 0.6) is 0 Å². The van der Waals surface area contributed by atoms with Crippen LogP contribution < -0.4 is 5.73 Å². The van der Waals surface area contributed by atoms with Crippen LogP contribution in [-0.4, -0.2) is 23.3 Å². The van der Waals surface area contributed by atoms with E-state index in [1.807, 2.05) is 4.57 Å². The molecule has 0 spiro atoms. The average molecular weight is 251 g/mol. The number of nitrogens with two attached hydrogens (primary N) is 1. The van der Waals surface area contributed by atoms with Crippen molar-refractivity contribution in [3.63, 3.8) is 0 Å². The van der Waals surface area contributed by atoms with Gasteiger partial charge < -0.3 is 15.0 Å². The van der Waals surface area contributed by atoms with Gasteiger partial charge in [-0.3, -0.25) is 0 Å². The fourth-order valence-corrected chi connectivity index (χ4v) is 2.17. The highest BCUT2D eigenvalue weighted by Gasteiger charge is 2.21. The summed E-state index contributed by atoms with van der Waals surface area (Å²) in [6, 6.07) is 4.61. The Hall–Kier alpha value is -1.62. The summed E-state index contributed by atoms with van der Waals surface area (Å²) in [5.74, 6) is 0.432. The quantitative estimate of drug-likeness (QED) is 0.908. The maximum Gasteiger partial charge on any atom is 0.201 e. The lowest BCUT2D eigenvalue weighted by Crippen LogP contribution is -2.21. The number of hydrogen-bond donors (Lipinski definition) is 1. The molecule has 1 unspecified atom stereocenters. The number of rotatable bonds is 4. The van der Waals surface area contributed by atoms with E-state index in [0.29, 0.717) is 24.0 Å². The van der Waals surface area contributed by atoms with Crippen molar-refractivity contribution in [2.24, 2.45) is 5.92 Å². The van der Waals surface area contributed by atoms with Crippen LogP contribution in [0.4, 0.5) is 10.3 Å². The fraction of sp³-hybridized carbons (Fsp3) is 0.462. The Balaban J connectivity index is 2.57. The summed E-state index contributed by atoms with van der Waals surface area (Å²) in [5.41, 5.74) is 7.36. The number of aromatic nitrogens is 2. The third-order valence-corrected chi connectivity index (χ3v) is 3.12. The first-order valence-electron chi connectivity index (χ1n) is 5.96. The van der Waals surface area contributed by atoms with Gasteiger partial charge >= 0.3 is 0 Å². The highest BCUT2D eigenvalue weighted by atomic mass is 19.1. The van der Waals surface area contributed by atoms with E-state index in [4.69, 9.17) is 10.5 Å². The Bertz CT molecular complexity index is 550. The average Bonchev–Trinajstić information content (AvgIpc) is 2.61. The first-order valence-corrected chi connectivity index (χ1v) is 5.96. The first-order chi connectivity index (χ1) is 8.54. The fourth-order valence-electron chi connectivity index (χ4n) is 2.17. The van der Waals surface area contributed by atoms with Gasteiger partial charge in [-0.15, -0.1) is 0 Å². The van der Waals surface area contributed by atoms with Crippen molar-refractivity contribution in [2.75, 3.05) is 19.5 Å². The van der Waals surface area contributed by atoms with Gasteiger partial charge in [0.25, 0.3) is 0 Å². The van der Waals surface area contributed by atoms with Crippen LogP contribution in [-0.2, 0) is 4.74 Å². The van der Waals surface area contributed by atoms with E-state index in [1.165, 1.54) is 12.1 Å². The molecule has 0 aliphatic rings. The standard InChI is InChI=1S/C13H18FN3O/c1-8(2)12(7-18-3)17-11-5-4-9(14)6-10(11)16-13(17)15/h4-6,8,12H,7H2,1-3H3,(H2,15,16). The number of fused-ring (bicyclic) bond motifs is 1. The van der Waals surface area contributed by atoms with E-state index in [1.54, 1.807) is 13.2 Å². The van der Waals surface area contributed by atoms with Crippen LogP contribution in [0.15, 0.2) is 18.2 Å². The molecule has 1 aromatic carbocycles. The first kappa shape index (κ1) is 12.8. The Morgan fingerprint density at radius 2 is 2.17 bits per heavy atom. The van der Waals surface area contributed by atoms with Crippen LogP contribution in [0.3, 0.4) is 0 Å². The van der Waals surface area contributed by atoms with Crippen molar-refractivity contribution in [2.45, 2.75) is 19.9 Å². The Morgan fingerprint density at radius 3 is 2.78 bits per heavy atom. The number of imidazole rings is 1. The summed E-state index contributed by atoms with van der Waals surface area (Å²) in [4.78, 5) is 4.20. The molecular weight excluding hydrogens is 233 g/mol. The van der Waals surface area contributed by atoms with Crippen molar-refractivity contribution in [3.8, 4) is 0 Å². The van der Waals surface area contributed by atoms with Gasteiger partial charge in [0, 0.05) is 13.2 Å². The lowest BCUT2D eigenvalue weighted by Gasteiger charge is -2.23.